The van der Waals surface area contributed by atoms with Crippen molar-refractivity contribution in [3.8, 4) is 0 Å². The van der Waals surface area contributed by atoms with Crippen LogP contribution >= 0.6 is 94.0 Å². The first-order chi connectivity index (χ1) is 30.4. The number of hydrogen-bond acceptors (Lipinski definition) is 7. The van der Waals surface area contributed by atoms with E-state index < -0.39 is 31.7 Å². The topological polar surface area (TPSA) is 130 Å². The molecule has 0 aliphatic carbocycles. The zero-order chi connectivity index (χ0) is 48.7. The Kier molecular flexibility index (Phi) is 27.3. The smallest absolute Gasteiger partial charge is 0.245 e. The van der Waals surface area contributed by atoms with Crippen molar-refractivity contribution in [2.45, 2.75) is 92.6 Å². The van der Waals surface area contributed by atoms with E-state index in [1.807, 2.05) is 97.1 Å². The maximum absolute atomic E-state index is 12.3. The van der Waals surface area contributed by atoms with E-state index in [0.29, 0.717) is 0 Å². The highest BCUT2D eigenvalue weighted by Crippen LogP contribution is 2.31. The number of aliphatic imine (C=N–C) groups is 1. The third kappa shape index (κ3) is 26.0. The second kappa shape index (κ2) is 29.9. The van der Waals surface area contributed by atoms with Gasteiger partial charge in [0.2, 0.25) is 19.4 Å². The summed E-state index contributed by atoms with van der Waals surface area (Å²) in [5.74, 6) is -0.880. The van der Waals surface area contributed by atoms with E-state index in [1.54, 1.807) is 12.2 Å². The summed E-state index contributed by atoms with van der Waals surface area (Å²) in [7, 11) is 0. The molecule has 17 heteroatoms. The highest BCUT2D eigenvalue weighted by molar-refractivity contribution is 7.80. The molecule has 1 aliphatic heterocycles. The number of thiocarbonyl (C=S) groups is 2. The van der Waals surface area contributed by atoms with Gasteiger partial charge in [0, 0.05) is 36.7 Å². The fourth-order valence-electron chi connectivity index (χ4n) is 5.13. The monoisotopic (exact) mass is 1050 g/mol. The summed E-state index contributed by atoms with van der Waals surface area (Å²) in [5, 5.41) is 13.2. The van der Waals surface area contributed by atoms with Gasteiger partial charge in [-0.25, -0.2) is 4.99 Å². The van der Waals surface area contributed by atoms with Crippen LogP contribution in [0.5, 0.6) is 0 Å². The summed E-state index contributed by atoms with van der Waals surface area (Å²) in [6, 6.07) is 34.6. The van der Waals surface area contributed by atoms with E-state index >= 15 is 0 Å². The number of ether oxygens (including phenoxy) is 1. The number of amides is 2. The fourth-order valence-corrected chi connectivity index (χ4v) is 6.11. The van der Waals surface area contributed by atoms with Crippen LogP contribution in [0.3, 0.4) is 0 Å². The molecule has 9 nitrogen and oxygen atoms in total. The van der Waals surface area contributed by atoms with Crippen LogP contribution in [0.25, 0.3) is 12.2 Å². The highest BCUT2D eigenvalue weighted by atomic mass is 35.6. The van der Waals surface area contributed by atoms with Crippen LogP contribution < -0.4 is 27.0 Å². The van der Waals surface area contributed by atoms with E-state index in [2.05, 4.69) is 97.3 Å². The van der Waals surface area contributed by atoms with Gasteiger partial charge in [0.1, 0.15) is 6.17 Å². The van der Waals surface area contributed by atoms with Crippen molar-refractivity contribution in [1.29, 1.82) is 0 Å². The molecule has 2 amide bonds. The molecule has 358 valence electrons. The average molecular weight is 1060 g/mol. The van der Waals surface area contributed by atoms with Crippen molar-refractivity contribution in [2.24, 2.45) is 4.99 Å². The lowest BCUT2D eigenvalue weighted by Crippen LogP contribution is -2.55. The zero-order valence-electron chi connectivity index (χ0n) is 37.0. The standard InChI is InChI=1S/C22H24Cl3N3OS.C12H9Cl3N2OS.C10H15N.C4H8O.CH4/c1-21(2,3)16-10-12-17(13-11-16)26-20(30)28-19(22(23,24)25)27-18(29)14-9-15-7-5-4-6-8-15;13-12(14,15)11(16-8-19)17-10(18)7-6-9-4-2-1-3-5-9;1-10(2,3)8-4-6-9(11)7-5-8;1-2-4-5-3-1;/h4-14,19H,1-3H3,(H,27,29)(H2,26,28,30);1-7,11H,(H,17,18);4-7H,11H2,1-3H3;1-4H2;1H4/b14-9+;7-6+;;;. The van der Waals surface area contributed by atoms with Gasteiger partial charge in [-0.05, 0) is 107 Å². The third-order valence-corrected chi connectivity index (χ3v) is 10.3. The summed E-state index contributed by atoms with van der Waals surface area (Å²) < 4.78 is 1.33. The van der Waals surface area contributed by atoms with Crippen LogP contribution in [-0.2, 0) is 25.2 Å². The van der Waals surface area contributed by atoms with Gasteiger partial charge in [-0.2, -0.15) is 0 Å². The number of hydrogen-bond donors (Lipinski definition) is 5. The van der Waals surface area contributed by atoms with Crippen LogP contribution in [0.4, 0.5) is 11.4 Å². The van der Waals surface area contributed by atoms with Gasteiger partial charge in [-0.3, -0.25) is 9.59 Å². The van der Waals surface area contributed by atoms with Gasteiger partial charge < -0.3 is 31.7 Å². The molecule has 66 heavy (non-hydrogen) atoms. The van der Waals surface area contributed by atoms with Crippen LogP contribution in [0.2, 0.25) is 0 Å². The molecule has 4 aromatic rings. The molecule has 0 saturated carbocycles. The number of halogens is 6. The second-order valence-electron chi connectivity index (χ2n) is 16.3. The number of carbonyl (C=O) groups is 2. The van der Waals surface area contributed by atoms with Crippen molar-refractivity contribution in [3.63, 3.8) is 0 Å². The largest absolute Gasteiger partial charge is 0.399 e. The Morgan fingerprint density at radius 3 is 1.45 bits per heavy atom. The number of nitrogens with two attached hydrogens (primary N) is 1. The fraction of sp³-hybridized carbons (Fsp3) is 0.347. The average Bonchev–Trinajstić information content (AvgIpc) is 3.83. The van der Waals surface area contributed by atoms with Crippen molar-refractivity contribution >= 4 is 140 Å². The van der Waals surface area contributed by atoms with E-state index in [0.717, 1.165) is 35.7 Å². The molecule has 5 rings (SSSR count). The Morgan fingerprint density at radius 1 is 0.667 bits per heavy atom. The van der Waals surface area contributed by atoms with E-state index in [1.165, 1.54) is 36.1 Å². The van der Waals surface area contributed by atoms with E-state index in [9.17, 15) is 9.59 Å². The predicted octanol–water partition coefficient (Wildman–Crippen LogP) is 13.4. The van der Waals surface area contributed by atoms with Crippen LogP contribution in [0.15, 0.2) is 126 Å². The predicted molar refractivity (Wildman–Crippen MR) is 291 cm³/mol. The van der Waals surface area contributed by atoms with Crippen molar-refractivity contribution in [1.82, 2.24) is 16.0 Å². The van der Waals surface area contributed by atoms with Crippen molar-refractivity contribution in [3.05, 3.63) is 144 Å². The van der Waals surface area contributed by atoms with E-state index in [4.69, 9.17) is 92.3 Å². The number of isothiocyanates is 1. The van der Waals surface area contributed by atoms with Gasteiger partial charge in [0.15, 0.2) is 11.3 Å². The summed E-state index contributed by atoms with van der Waals surface area (Å²) in [6.45, 7) is 15.0. The van der Waals surface area contributed by atoms with Gasteiger partial charge in [-0.15, -0.1) is 0 Å². The number of alkyl halides is 6. The van der Waals surface area contributed by atoms with Crippen molar-refractivity contribution < 1.29 is 14.3 Å². The Morgan fingerprint density at radius 2 is 1.09 bits per heavy atom. The first-order valence-electron chi connectivity index (χ1n) is 20.3. The maximum Gasteiger partial charge on any atom is 0.245 e. The van der Waals surface area contributed by atoms with Gasteiger partial charge >= 0.3 is 0 Å². The number of rotatable bonds is 9. The lowest BCUT2D eigenvalue weighted by molar-refractivity contribution is -0.118. The number of benzene rings is 4. The molecule has 2 unspecified atom stereocenters. The molecule has 1 aliphatic rings. The second-order valence-corrected chi connectivity index (χ2v) is 21.6. The van der Waals surface area contributed by atoms with E-state index in [-0.39, 0.29) is 23.4 Å². The number of carbonyl (C=O) groups excluding carboxylic acids is 2. The minimum absolute atomic E-state index is 0. The molecule has 1 saturated heterocycles. The summed E-state index contributed by atoms with van der Waals surface area (Å²) >= 11 is 44.8. The molecule has 0 bridgehead atoms. The quantitative estimate of drug-likeness (QED) is 0.0280. The lowest BCUT2D eigenvalue weighted by Gasteiger charge is -2.27. The number of nitrogens with zero attached hydrogens (tertiary/aromatic N) is 1. The Balaban J connectivity index is 0.000000511. The van der Waals surface area contributed by atoms with Crippen LogP contribution in [0, 0.1) is 0 Å². The minimum atomic E-state index is -1.82. The summed E-state index contributed by atoms with van der Waals surface area (Å²) in [5.41, 5.74) is 11.7. The van der Waals surface area contributed by atoms with Gasteiger partial charge in [-0.1, -0.05) is 204 Å². The molecule has 6 N–H and O–H groups in total. The lowest BCUT2D eigenvalue weighted by atomic mass is 9.87. The number of nitrogens with one attached hydrogen (secondary N) is 4. The Hall–Kier alpha value is -3.71. The molecule has 0 spiro atoms. The molecule has 0 aromatic heterocycles. The molecular formula is C49H60Cl6N6O3S2. The molecule has 0 radical (unpaired) electrons. The number of nitrogen functional groups attached to an aromatic ring is 1. The SMILES string of the molecule is C.C1CCOC1.CC(C)(C)c1ccc(N)cc1.CC(C)(C)c1ccc(NC(=S)NC(NC(=O)/C=C/c2ccccc2)C(Cl)(Cl)Cl)cc1.O=C(/C=C/c1ccccc1)NC(N=C=S)C(Cl)(Cl)Cl. The van der Waals surface area contributed by atoms with Crippen LogP contribution in [-0.4, -0.2) is 55.2 Å². The molecule has 2 atom stereocenters. The van der Waals surface area contributed by atoms with Gasteiger partial charge in [0.25, 0.3) is 0 Å². The van der Waals surface area contributed by atoms with Crippen molar-refractivity contribution in [2.75, 3.05) is 24.3 Å². The van der Waals surface area contributed by atoms with Crippen LogP contribution in [0.1, 0.15) is 84.1 Å². The summed E-state index contributed by atoms with van der Waals surface area (Å²) in [6.07, 6.45) is 6.41. The Bertz CT molecular complexity index is 2160. The molecule has 1 heterocycles. The molecular weight excluding hydrogens is 997 g/mol. The van der Waals surface area contributed by atoms with Gasteiger partial charge in [0.05, 0.1) is 5.16 Å². The minimum Gasteiger partial charge on any atom is -0.399 e. The highest BCUT2D eigenvalue weighted by Gasteiger charge is 2.35. The normalized spacial score (nSPS) is 13.3. The first kappa shape index (κ1) is 60.3. The zero-order valence-corrected chi connectivity index (χ0v) is 43.2. The number of anilines is 2. The Labute approximate surface area is 432 Å². The summed E-state index contributed by atoms with van der Waals surface area (Å²) in [4.78, 5) is 27.5. The maximum atomic E-state index is 12.3. The molecule has 1 fully saturated rings. The molecule has 4 aromatic carbocycles. The third-order valence-electron chi connectivity index (χ3n) is 8.73. The first-order valence-corrected chi connectivity index (χ1v) is 23.4.